The fourth-order valence-corrected chi connectivity index (χ4v) is 1.72. The van der Waals surface area contributed by atoms with Gasteiger partial charge in [-0.2, -0.15) is 8.78 Å². The standard InChI is InChI=1S/C14H13F3N2O/c1-8-4-2-3-5-11(8)19-12-7-13(20-14(16)17)9(15)6-10(12)18/h2-7,14,19H,18H2,1H3. The molecule has 20 heavy (non-hydrogen) atoms. The van der Waals surface area contributed by atoms with Crippen LogP contribution in [0.5, 0.6) is 5.75 Å². The molecule has 0 aromatic heterocycles. The van der Waals surface area contributed by atoms with E-state index >= 15 is 0 Å². The van der Waals surface area contributed by atoms with E-state index in [1.807, 2.05) is 25.1 Å². The van der Waals surface area contributed by atoms with Crippen molar-refractivity contribution in [3.63, 3.8) is 0 Å². The lowest BCUT2D eigenvalue weighted by molar-refractivity contribution is -0.0521. The van der Waals surface area contributed by atoms with Gasteiger partial charge in [0.2, 0.25) is 0 Å². The van der Waals surface area contributed by atoms with Gasteiger partial charge in [-0.05, 0) is 18.6 Å². The molecule has 0 bridgehead atoms. The van der Waals surface area contributed by atoms with E-state index in [2.05, 4.69) is 10.1 Å². The molecule has 106 valence electrons. The van der Waals surface area contributed by atoms with Crippen LogP contribution >= 0.6 is 0 Å². The van der Waals surface area contributed by atoms with E-state index in [1.54, 1.807) is 6.07 Å². The topological polar surface area (TPSA) is 47.3 Å². The second kappa shape index (κ2) is 5.73. The minimum absolute atomic E-state index is 0.104. The molecule has 0 spiro atoms. The Balaban J connectivity index is 2.34. The van der Waals surface area contributed by atoms with Crippen LogP contribution in [-0.4, -0.2) is 6.61 Å². The highest BCUT2D eigenvalue weighted by atomic mass is 19.3. The smallest absolute Gasteiger partial charge is 0.387 e. The number of nitrogen functional groups attached to an aromatic ring is 1. The number of ether oxygens (including phenoxy) is 1. The van der Waals surface area contributed by atoms with Crippen molar-refractivity contribution >= 4 is 17.1 Å². The first kappa shape index (κ1) is 14.0. The van der Waals surface area contributed by atoms with Crippen LogP contribution in [0.25, 0.3) is 0 Å². The molecule has 2 aromatic rings. The molecule has 0 aliphatic heterocycles. The second-order valence-electron chi connectivity index (χ2n) is 4.19. The number of aryl methyl sites for hydroxylation is 1. The van der Waals surface area contributed by atoms with Crippen LogP contribution in [0.3, 0.4) is 0 Å². The van der Waals surface area contributed by atoms with Crippen LogP contribution < -0.4 is 15.8 Å². The number of para-hydroxylation sites is 1. The molecule has 2 rings (SSSR count). The van der Waals surface area contributed by atoms with Gasteiger partial charge in [-0.15, -0.1) is 0 Å². The average molecular weight is 282 g/mol. The summed E-state index contributed by atoms with van der Waals surface area (Å²) in [7, 11) is 0. The molecule has 0 saturated carbocycles. The van der Waals surface area contributed by atoms with Crippen LogP contribution in [0.4, 0.5) is 30.2 Å². The monoisotopic (exact) mass is 282 g/mol. The van der Waals surface area contributed by atoms with Gasteiger partial charge in [-0.3, -0.25) is 0 Å². The average Bonchev–Trinajstić information content (AvgIpc) is 2.37. The zero-order chi connectivity index (χ0) is 14.7. The van der Waals surface area contributed by atoms with Crippen LogP contribution in [0.2, 0.25) is 0 Å². The molecule has 0 radical (unpaired) electrons. The van der Waals surface area contributed by atoms with E-state index in [9.17, 15) is 13.2 Å². The van der Waals surface area contributed by atoms with Gasteiger partial charge in [-0.25, -0.2) is 4.39 Å². The summed E-state index contributed by atoms with van der Waals surface area (Å²) in [4.78, 5) is 0. The third-order valence-corrected chi connectivity index (χ3v) is 2.73. The summed E-state index contributed by atoms with van der Waals surface area (Å²) in [5.41, 5.74) is 7.76. The van der Waals surface area contributed by atoms with Crippen molar-refractivity contribution in [2.45, 2.75) is 13.5 Å². The quantitative estimate of drug-likeness (QED) is 0.831. The number of alkyl halides is 2. The number of benzene rings is 2. The fourth-order valence-electron chi connectivity index (χ4n) is 1.72. The third-order valence-electron chi connectivity index (χ3n) is 2.73. The summed E-state index contributed by atoms with van der Waals surface area (Å²) < 4.78 is 41.9. The van der Waals surface area contributed by atoms with Gasteiger partial charge in [0.1, 0.15) is 0 Å². The minimum atomic E-state index is -3.10. The van der Waals surface area contributed by atoms with Crippen LogP contribution in [0.15, 0.2) is 36.4 Å². The molecular formula is C14H13F3N2O. The van der Waals surface area contributed by atoms with Gasteiger partial charge in [0, 0.05) is 17.8 Å². The fraction of sp³-hybridized carbons (Fsp3) is 0.143. The first-order chi connectivity index (χ1) is 9.47. The largest absolute Gasteiger partial charge is 0.432 e. The van der Waals surface area contributed by atoms with E-state index in [1.165, 1.54) is 0 Å². The van der Waals surface area contributed by atoms with Crippen molar-refractivity contribution in [3.05, 3.63) is 47.8 Å². The van der Waals surface area contributed by atoms with E-state index in [4.69, 9.17) is 5.73 Å². The number of hydrogen-bond acceptors (Lipinski definition) is 3. The van der Waals surface area contributed by atoms with Crippen molar-refractivity contribution in [1.29, 1.82) is 0 Å². The molecule has 3 N–H and O–H groups in total. The highest BCUT2D eigenvalue weighted by molar-refractivity contribution is 5.75. The van der Waals surface area contributed by atoms with E-state index in [-0.39, 0.29) is 5.69 Å². The molecule has 0 amide bonds. The van der Waals surface area contributed by atoms with Crippen LogP contribution in [-0.2, 0) is 0 Å². The molecule has 0 aliphatic carbocycles. The first-order valence-corrected chi connectivity index (χ1v) is 5.84. The number of anilines is 3. The molecular weight excluding hydrogens is 269 g/mol. The third kappa shape index (κ3) is 3.14. The summed E-state index contributed by atoms with van der Waals surface area (Å²) in [5.74, 6) is -1.48. The summed E-state index contributed by atoms with van der Waals surface area (Å²) >= 11 is 0. The molecule has 0 aliphatic rings. The Kier molecular flexibility index (Phi) is 4.02. The zero-order valence-electron chi connectivity index (χ0n) is 10.7. The number of halogens is 3. The number of nitrogens with one attached hydrogen (secondary N) is 1. The van der Waals surface area contributed by atoms with E-state index in [0.29, 0.717) is 5.69 Å². The molecule has 6 heteroatoms. The summed E-state index contributed by atoms with van der Waals surface area (Å²) in [6, 6.07) is 9.40. The Morgan fingerprint density at radius 1 is 1.15 bits per heavy atom. The molecule has 0 unspecified atom stereocenters. The maximum Gasteiger partial charge on any atom is 0.387 e. The van der Waals surface area contributed by atoms with Crippen LogP contribution in [0.1, 0.15) is 5.56 Å². The minimum Gasteiger partial charge on any atom is -0.432 e. The maximum absolute atomic E-state index is 13.4. The number of rotatable bonds is 4. The first-order valence-electron chi connectivity index (χ1n) is 5.84. The van der Waals surface area contributed by atoms with Gasteiger partial charge in [0.25, 0.3) is 0 Å². The Morgan fingerprint density at radius 3 is 2.50 bits per heavy atom. The van der Waals surface area contributed by atoms with Gasteiger partial charge in [0.05, 0.1) is 11.4 Å². The molecule has 2 aromatic carbocycles. The molecule has 0 fully saturated rings. The van der Waals surface area contributed by atoms with Gasteiger partial charge in [0.15, 0.2) is 11.6 Å². The lowest BCUT2D eigenvalue weighted by atomic mass is 10.2. The lowest BCUT2D eigenvalue weighted by Gasteiger charge is -2.14. The Hall–Kier alpha value is -2.37. The predicted octanol–water partition coefficient (Wildman–Crippen LogP) is 4.06. The van der Waals surface area contributed by atoms with Crippen molar-refractivity contribution in [2.75, 3.05) is 11.1 Å². The Labute approximate surface area is 114 Å². The highest BCUT2D eigenvalue weighted by Gasteiger charge is 2.13. The SMILES string of the molecule is Cc1ccccc1Nc1cc(OC(F)F)c(F)cc1N. The van der Waals surface area contributed by atoms with Crippen molar-refractivity contribution in [2.24, 2.45) is 0 Å². The molecule has 0 heterocycles. The maximum atomic E-state index is 13.4. The Morgan fingerprint density at radius 2 is 1.85 bits per heavy atom. The normalized spacial score (nSPS) is 10.7. The van der Waals surface area contributed by atoms with Gasteiger partial charge >= 0.3 is 6.61 Å². The molecule has 3 nitrogen and oxygen atoms in total. The summed E-state index contributed by atoms with van der Waals surface area (Å²) in [5, 5.41) is 2.96. The molecule has 0 saturated heterocycles. The Bertz CT molecular complexity index is 617. The lowest BCUT2D eigenvalue weighted by Crippen LogP contribution is -2.06. The van der Waals surface area contributed by atoms with Crippen LogP contribution in [0, 0.1) is 12.7 Å². The van der Waals surface area contributed by atoms with E-state index < -0.39 is 18.2 Å². The van der Waals surface area contributed by atoms with Crippen molar-refractivity contribution < 1.29 is 17.9 Å². The number of nitrogens with two attached hydrogens (primary N) is 1. The number of hydrogen-bond donors (Lipinski definition) is 2. The summed E-state index contributed by atoms with van der Waals surface area (Å²) in [6.45, 7) is -1.22. The van der Waals surface area contributed by atoms with E-state index in [0.717, 1.165) is 23.4 Å². The van der Waals surface area contributed by atoms with Crippen molar-refractivity contribution in [1.82, 2.24) is 0 Å². The molecule has 0 atom stereocenters. The van der Waals surface area contributed by atoms with Crippen molar-refractivity contribution in [3.8, 4) is 5.75 Å². The summed E-state index contributed by atoms with van der Waals surface area (Å²) in [6.07, 6.45) is 0. The zero-order valence-corrected chi connectivity index (χ0v) is 10.7. The van der Waals surface area contributed by atoms with Gasteiger partial charge < -0.3 is 15.8 Å². The predicted molar refractivity (Wildman–Crippen MR) is 71.9 cm³/mol. The second-order valence-corrected chi connectivity index (χ2v) is 4.19. The highest BCUT2D eigenvalue weighted by Crippen LogP contribution is 2.32. The van der Waals surface area contributed by atoms with Gasteiger partial charge in [-0.1, -0.05) is 18.2 Å².